The van der Waals surface area contributed by atoms with Crippen LogP contribution in [-0.4, -0.2) is 18.7 Å². The lowest BCUT2D eigenvalue weighted by Crippen LogP contribution is -2.50. The molecule has 1 spiro atoms. The number of aryl methyl sites for hydroxylation is 1. The summed E-state index contributed by atoms with van der Waals surface area (Å²) in [5.41, 5.74) is 8.73. The smallest absolute Gasteiger partial charge is 0.124 e. The first-order chi connectivity index (χ1) is 8.19. The summed E-state index contributed by atoms with van der Waals surface area (Å²) in [4.78, 5) is 0. The number of hydrogen-bond donors (Lipinski definition) is 2. The van der Waals surface area contributed by atoms with E-state index in [-0.39, 0.29) is 11.6 Å². The van der Waals surface area contributed by atoms with E-state index in [9.17, 15) is 0 Å². The van der Waals surface area contributed by atoms with Crippen LogP contribution in [0.2, 0.25) is 0 Å². The second-order valence-corrected chi connectivity index (χ2v) is 5.39. The van der Waals surface area contributed by atoms with Gasteiger partial charge in [0.05, 0.1) is 0 Å². The molecular formula is C14H20N2O. The van der Waals surface area contributed by atoms with Gasteiger partial charge in [-0.15, -0.1) is 0 Å². The first kappa shape index (κ1) is 11.1. The van der Waals surface area contributed by atoms with Gasteiger partial charge in [-0.05, 0) is 38.9 Å². The average molecular weight is 232 g/mol. The molecule has 0 bridgehead atoms. The zero-order chi connectivity index (χ0) is 11.9. The molecule has 1 atom stereocenters. The number of nitrogens with two attached hydrogens (primary N) is 1. The average Bonchev–Trinajstić information content (AvgIpc) is 2.31. The number of piperidine rings is 1. The molecule has 1 aromatic carbocycles. The van der Waals surface area contributed by atoms with Crippen molar-refractivity contribution in [2.75, 3.05) is 13.1 Å². The molecule has 0 aromatic heterocycles. The number of rotatable bonds is 0. The Labute approximate surface area is 102 Å². The lowest BCUT2D eigenvalue weighted by atomic mass is 9.81. The molecule has 3 N–H and O–H groups in total. The van der Waals surface area contributed by atoms with Crippen molar-refractivity contribution in [3.05, 3.63) is 29.3 Å². The van der Waals surface area contributed by atoms with Crippen LogP contribution in [0, 0.1) is 6.92 Å². The van der Waals surface area contributed by atoms with Crippen LogP contribution in [0.3, 0.4) is 0 Å². The van der Waals surface area contributed by atoms with Crippen molar-refractivity contribution in [1.29, 1.82) is 0 Å². The SMILES string of the molecule is Cc1ccc2c(c1)C(N)CC1(CCNCC1)O2. The fourth-order valence-corrected chi connectivity index (χ4v) is 3.02. The fraction of sp³-hybridized carbons (Fsp3) is 0.571. The number of ether oxygens (including phenoxy) is 1. The minimum atomic E-state index is -0.0209. The number of nitrogens with one attached hydrogen (secondary N) is 1. The first-order valence-electron chi connectivity index (χ1n) is 6.44. The third-order valence-electron chi connectivity index (χ3n) is 4.00. The largest absolute Gasteiger partial charge is 0.487 e. The standard InChI is InChI=1S/C14H20N2O/c1-10-2-3-13-11(8-10)12(15)9-14(17-13)4-6-16-7-5-14/h2-3,8,12,16H,4-7,9,15H2,1H3. The van der Waals surface area contributed by atoms with E-state index >= 15 is 0 Å². The van der Waals surface area contributed by atoms with E-state index in [2.05, 4.69) is 30.4 Å². The summed E-state index contributed by atoms with van der Waals surface area (Å²) in [6, 6.07) is 6.46. The highest BCUT2D eigenvalue weighted by Gasteiger charge is 2.40. The maximum absolute atomic E-state index is 6.32. The van der Waals surface area contributed by atoms with E-state index in [1.807, 2.05) is 0 Å². The van der Waals surface area contributed by atoms with Gasteiger partial charge in [0.15, 0.2) is 0 Å². The van der Waals surface area contributed by atoms with E-state index in [0.717, 1.165) is 38.1 Å². The molecule has 3 rings (SSSR count). The summed E-state index contributed by atoms with van der Waals surface area (Å²) in [6.07, 6.45) is 3.08. The summed E-state index contributed by atoms with van der Waals surface area (Å²) < 4.78 is 6.27. The van der Waals surface area contributed by atoms with Gasteiger partial charge in [0.1, 0.15) is 11.4 Å². The molecule has 0 aliphatic carbocycles. The molecule has 1 aromatic rings. The maximum Gasteiger partial charge on any atom is 0.124 e. The van der Waals surface area contributed by atoms with Crippen molar-refractivity contribution in [1.82, 2.24) is 5.32 Å². The summed E-state index contributed by atoms with van der Waals surface area (Å²) in [5, 5.41) is 3.38. The zero-order valence-electron chi connectivity index (χ0n) is 10.3. The van der Waals surface area contributed by atoms with Crippen molar-refractivity contribution in [3.63, 3.8) is 0 Å². The van der Waals surface area contributed by atoms with Crippen molar-refractivity contribution >= 4 is 0 Å². The molecule has 0 saturated carbocycles. The van der Waals surface area contributed by atoms with Gasteiger partial charge in [-0.3, -0.25) is 0 Å². The van der Waals surface area contributed by atoms with Gasteiger partial charge < -0.3 is 15.8 Å². The number of benzene rings is 1. The van der Waals surface area contributed by atoms with E-state index in [0.29, 0.717) is 0 Å². The molecule has 17 heavy (non-hydrogen) atoms. The van der Waals surface area contributed by atoms with E-state index in [1.54, 1.807) is 0 Å². The predicted molar refractivity (Wildman–Crippen MR) is 68.2 cm³/mol. The van der Waals surface area contributed by atoms with Gasteiger partial charge in [0, 0.05) is 18.0 Å². The Morgan fingerprint density at radius 3 is 2.88 bits per heavy atom. The van der Waals surface area contributed by atoms with Crippen molar-refractivity contribution < 1.29 is 4.74 Å². The Hall–Kier alpha value is -1.06. The molecule has 2 aliphatic heterocycles. The van der Waals surface area contributed by atoms with Crippen LogP contribution < -0.4 is 15.8 Å². The molecule has 2 aliphatic rings. The molecule has 0 amide bonds. The fourth-order valence-electron chi connectivity index (χ4n) is 3.02. The third-order valence-corrected chi connectivity index (χ3v) is 4.00. The van der Waals surface area contributed by atoms with Gasteiger partial charge in [0.2, 0.25) is 0 Å². The zero-order valence-corrected chi connectivity index (χ0v) is 10.3. The maximum atomic E-state index is 6.32. The molecule has 3 heteroatoms. The van der Waals surface area contributed by atoms with Gasteiger partial charge >= 0.3 is 0 Å². The normalized spacial score (nSPS) is 26.4. The van der Waals surface area contributed by atoms with Crippen molar-refractivity contribution in [3.8, 4) is 5.75 Å². The summed E-state index contributed by atoms with van der Waals surface area (Å²) in [6.45, 7) is 4.17. The van der Waals surface area contributed by atoms with Crippen LogP contribution in [0.1, 0.15) is 36.4 Å². The Bertz CT molecular complexity index is 424. The number of fused-ring (bicyclic) bond motifs is 1. The third kappa shape index (κ3) is 1.94. The van der Waals surface area contributed by atoms with Crippen LogP contribution in [-0.2, 0) is 0 Å². The molecular weight excluding hydrogens is 212 g/mol. The van der Waals surface area contributed by atoms with E-state index < -0.39 is 0 Å². The topological polar surface area (TPSA) is 47.3 Å². The van der Waals surface area contributed by atoms with Crippen molar-refractivity contribution in [2.45, 2.75) is 37.8 Å². The summed E-state index contributed by atoms with van der Waals surface area (Å²) in [5.74, 6) is 0.997. The molecule has 1 saturated heterocycles. The Balaban J connectivity index is 1.94. The van der Waals surface area contributed by atoms with Crippen LogP contribution in [0.4, 0.5) is 0 Å². The van der Waals surface area contributed by atoms with Crippen molar-refractivity contribution in [2.24, 2.45) is 5.73 Å². The lowest BCUT2D eigenvalue weighted by molar-refractivity contribution is 0.00790. The van der Waals surface area contributed by atoms with Crippen LogP contribution in [0.15, 0.2) is 18.2 Å². The quantitative estimate of drug-likeness (QED) is 0.718. The first-order valence-corrected chi connectivity index (χ1v) is 6.44. The van der Waals surface area contributed by atoms with Crippen LogP contribution in [0.25, 0.3) is 0 Å². The highest BCUT2D eigenvalue weighted by Crippen LogP contribution is 2.42. The Kier molecular flexibility index (Phi) is 2.60. The molecule has 1 fully saturated rings. The van der Waals surface area contributed by atoms with Gasteiger partial charge in [-0.25, -0.2) is 0 Å². The van der Waals surface area contributed by atoms with E-state index in [1.165, 1.54) is 11.1 Å². The lowest BCUT2D eigenvalue weighted by Gasteiger charge is -2.44. The van der Waals surface area contributed by atoms with E-state index in [4.69, 9.17) is 10.5 Å². The summed E-state index contributed by atoms with van der Waals surface area (Å²) in [7, 11) is 0. The van der Waals surface area contributed by atoms with Crippen LogP contribution in [0.5, 0.6) is 5.75 Å². The molecule has 3 nitrogen and oxygen atoms in total. The molecule has 0 radical (unpaired) electrons. The number of hydrogen-bond acceptors (Lipinski definition) is 3. The minimum absolute atomic E-state index is 0.0209. The van der Waals surface area contributed by atoms with Gasteiger partial charge in [-0.2, -0.15) is 0 Å². The molecule has 2 heterocycles. The molecule has 1 unspecified atom stereocenters. The Morgan fingerprint density at radius 2 is 2.12 bits per heavy atom. The molecule has 92 valence electrons. The monoisotopic (exact) mass is 232 g/mol. The highest BCUT2D eigenvalue weighted by atomic mass is 16.5. The minimum Gasteiger partial charge on any atom is -0.487 e. The highest BCUT2D eigenvalue weighted by molar-refractivity contribution is 5.41. The predicted octanol–water partition coefficient (Wildman–Crippen LogP) is 1.90. The second-order valence-electron chi connectivity index (χ2n) is 5.39. The van der Waals surface area contributed by atoms with Gasteiger partial charge in [0.25, 0.3) is 0 Å². The summed E-state index contributed by atoms with van der Waals surface area (Å²) >= 11 is 0. The second kappa shape index (κ2) is 4.00. The van der Waals surface area contributed by atoms with Crippen LogP contribution >= 0.6 is 0 Å². The Morgan fingerprint density at radius 1 is 1.35 bits per heavy atom. The van der Waals surface area contributed by atoms with Gasteiger partial charge in [-0.1, -0.05) is 17.7 Å².